The van der Waals surface area contributed by atoms with Crippen molar-refractivity contribution < 1.29 is 14.6 Å². The molecule has 0 aliphatic carbocycles. The molecule has 5 heteroatoms. The number of rotatable bonds is 4. The van der Waals surface area contributed by atoms with E-state index in [1.165, 1.54) is 0 Å². The van der Waals surface area contributed by atoms with Gasteiger partial charge in [-0.3, -0.25) is 4.98 Å². The molecule has 0 saturated carbocycles. The van der Waals surface area contributed by atoms with Crippen LogP contribution in [0.5, 0.6) is 0 Å². The van der Waals surface area contributed by atoms with Gasteiger partial charge < -0.3 is 15.6 Å². The number of aromatic nitrogens is 1. The smallest absolute Gasteiger partial charge is 0.404 e. The highest BCUT2D eigenvalue weighted by molar-refractivity contribution is 5.64. The summed E-state index contributed by atoms with van der Waals surface area (Å²) in [5, 5.41) is 8.88. The zero-order valence-corrected chi connectivity index (χ0v) is 7.59. The number of primary amides is 1. The van der Waals surface area contributed by atoms with Crippen LogP contribution in [0.25, 0.3) is 0 Å². The van der Waals surface area contributed by atoms with Gasteiger partial charge in [0.2, 0.25) is 0 Å². The van der Waals surface area contributed by atoms with Crippen molar-refractivity contribution in [1.82, 2.24) is 4.98 Å². The summed E-state index contributed by atoms with van der Waals surface area (Å²) in [7, 11) is 0. The Balaban J connectivity index is 2.53. The maximum Gasteiger partial charge on any atom is 0.404 e. The summed E-state index contributed by atoms with van der Waals surface area (Å²) >= 11 is 0. The lowest BCUT2D eigenvalue weighted by molar-refractivity contribution is 0.0639. The summed E-state index contributed by atoms with van der Waals surface area (Å²) < 4.78 is 4.66. The maximum atomic E-state index is 10.4. The number of amides is 1. The van der Waals surface area contributed by atoms with E-state index in [4.69, 9.17) is 10.8 Å². The molecule has 1 aromatic heterocycles. The molecule has 0 spiro atoms. The number of aliphatic hydroxyl groups is 1. The lowest BCUT2D eigenvalue weighted by Crippen LogP contribution is -2.27. The molecule has 0 saturated heterocycles. The van der Waals surface area contributed by atoms with Crippen LogP contribution in [-0.2, 0) is 11.2 Å². The van der Waals surface area contributed by atoms with Crippen molar-refractivity contribution in [3.63, 3.8) is 0 Å². The number of nitrogens with two attached hydrogens (primary N) is 1. The van der Waals surface area contributed by atoms with Crippen molar-refractivity contribution in [3.8, 4) is 0 Å². The number of nitrogens with zero attached hydrogens (tertiary/aromatic N) is 1. The molecular weight excluding hydrogens is 184 g/mol. The normalized spacial score (nSPS) is 12.1. The van der Waals surface area contributed by atoms with Crippen LogP contribution in [-0.4, -0.2) is 28.9 Å². The molecule has 0 aromatic carbocycles. The summed E-state index contributed by atoms with van der Waals surface area (Å²) in [6.45, 7) is -0.252. The van der Waals surface area contributed by atoms with E-state index >= 15 is 0 Å². The first-order valence-electron chi connectivity index (χ1n) is 4.18. The van der Waals surface area contributed by atoms with E-state index in [1.54, 1.807) is 18.5 Å². The van der Waals surface area contributed by atoms with Crippen molar-refractivity contribution in [3.05, 3.63) is 30.1 Å². The van der Waals surface area contributed by atoms with Gasteiger partial charge in [0, 0.05) is 18.8 Å². The lowest BCUT2D eigenvalue weighted by atomic mass is 10.1. The Labute approximate surface area is 81.5 Å². The molecule has 1 heterocycles. The number of pyridine rings is 1. The largest absolute Gasteiger partial charge is 0.444 e. The van der Waals surface area contributed by atoms with Gasteiger partial charge in [0.25, 0.3) is 0 Å². The van der Waals surface area contributed by atoms with Crippen LogP contribution < -0.4 is 5.73 Å². The molecule has 1 aromatic rings. The highest BCUT2D eigenvalue weighted by Crippen LogP contribution is 2.03. The van der Waals surface area contributed by atoms with Gasteiger partial charge in [-0.2, -0.15) is 0 Å². The van der Waals surface area contributed by atoms with Crippen molar-refractivity contribution in [1.29, 1.82) is 0 Å². The van der Waals surface area contributed by atoms with Gasteiger partial charge in [-0.15, -0.1) is 0 Å². The predicted molar refractivity (Wildman–Crippen MR) is 49.5 cm³/mol. The maximum absolute atomic E-state index is 10.4. The lowest BCUT2D eigenvalue weighted by Gasteiger charge is -2.13. The summed E-state index contributed by atoms with van der Waals surface area (Å²) in [6, 6.07) is 3.61. The minimum Gasteiger partial charge on any atom is -0.444 e. The molecule has 1 atom stereocenters. The zero-order valence-electron chi connectivity index (χ0n) is 7.59. The Kier molecular flexibility index (Phi) is 3.87. The van der Waals surface area contributed by atoms with Crippen LogP contribution >= 0.6 is 0 Å². The first kappa shape index (κ1) is 10.5. The Morgan fingerprint density at radius 3 is 3.00 bits per heavy atom. The molecule has 3 N–H and O–H groups in total. The van der Waals surface area contributed by atoms with E-state index in [2.05, 4.69) is 9.72 Å². The number of carbonyl (C=O) groups excluding carboxylic acids is 1. The second-order valence-corrected chi connectivity index (χ2v) is 2.81. The topological polar surface area (TPSA) is 85.4 Å². The second kappa shape index (κ2) is 5.18. The van der Waals surface area contributed by atoms with Crippen molar-refractivity contribution in [2.45, 2.75) is 12.5 Å². The molecule has 76 valence electrons. The molecule has 0 unspecified atom stereocenters. The highest BCUT2D eigenvalue weighted by atomic mass is 16.6. The SMILES string of the molecule is NC(=O)O[C@H](CO)Cc1cccnc1. The Bertz CT molecular complexity index is 289. The minimum absolute atomic E-state index is 0.252. The molecule has 1 amide bonds. The fourth-order valence-corrected chi connectivity index (χ4v) is 1.09. The fourth-order valence-electron chi connectivity index (χ4n) is 1.09. The van der Waals surface area contributed by atoms with E-state index in [1.807, 2.05) is 6.07 Å². The average molecular weight is 196 g/mol. The third-order valence-electron chi connectivity index (χ3n) is 1.67. The number of hydrogen-bond donors (Lipinski definition) is 2. The Hall–Kier alpha value is -1.62. The second-order valence-electron chi connectivity index (χ2n) is 2.81. The third kappa shape index (κ3) is 3.40. The highest BCUT2D eigenvalue weighted by Gasteiger charge is 2.11. The standard InChI is InChI=1S/C9H12N2O3/c10-9(13)14-8(6-12)4-7-2-1-3-11-5-7/h1-3,5,8,12H,4,6H2,(H2,10,13)/t8-/m0/s1. The zero-order chi connectivity index (χ0) is 10.4. The van der Waals surface area contributed by atoms with Crippen LogP contribution in [0.4, 0.5) is 4.79 Å². The van der Waals surface area contributed by atoms with Crippen molar-refractivity contribution in [2.24, 2.45) is 5.73 Å². The van der Waals surface area contributed by atoms with Gasteiger partial charge in [0.15, 0.2) is 0 Å². The fraction of sp³-hybridized carbons (Fsp3) is 0.333. The van der Waals surface area contributed by atoms with E-state index in [0.29, 0.717) is 6.42 Å². The molecule has 5 nitrogen and oxygen atoms in total. The van der Waals surface area contributed by atoms with E-state index < -0.39 is 12.2 Å². The first-order chi connectivity index (χ1) is 6.72. The average Bonchev–Trinajstić information content (AvgIpc) is 2.17. The summed E-state index contributed by atoms with van der Waals surface area (Å²) in [4.78, 5) is 14.3. The quantitative estimate of drug-likeness (QED) is 0.714. The molecule has 0 radical (unpaired) electrons. The molecule has 0 aliphatic heterocycles. The molecule has 0 aliphatic rings. The monoisotopic (exact) mass is 196 g/mol. The minimum atomic E-state index is -0.882. The summed E-state index contributed by atoms with van der Waals surface area (Å²) in [5.41, 5.74) is 5.72. The number of aliphatic hydroxyl groups excluding tert-OH is 1. The van der Waals surface area contributed by atoms with Crippen LogP contribution in [0.2, 0.25) is 0 Å². The molecule has 0 bridgehead atoms. The van der Waals surface area contributed by atoms with Crippen molar-refractivity contribution >= 4 is 6.09 Å². The summed E-state index contributed by atoms with van der Waals surface area (Å²) in [5.74, 6) is 0. The Morgan fingerprint density at radius 2 is 2.50 bits per heavy atom. The third-order valence-corrected chi connectivity index (χ3v) is 1.67. The van der Waals surface area contributed by atoms with Crippen LogP contribution in [0, 0.1) is 0 Å². The number of carbonyl (C=O) groups is 1. The first-order valence-corrected chi connectivity index (χ1v) is 4.18. The van der Waals surface area contributed by atoms with Gasteiger partial charge in [0.05, 0.1) is 6.61 Å². The van der Waals surface area contributed by atoms with Gasteiger partial charge >= 0.3 is 6.09 Å². The van der Waals surface area contributed by atoms with Gasteiger partial charge in [-0.05, 0) is 11.6 Å². The molecular formula is C9H12N2O3. The van der Waals surface area contributed by atoms with E-state index in [-0.39, 0.29) is 6.61 Å². The van der Waals surface area contributed by atoms with Crippen LogP contribution in [0.15, 0.2) is 24.5 Å². The molecule has 14 heavy (non-hydrogen) atoms. The predicted octanol–water partition coefficient (Wildman–Crippen LogP) is 0.0803. The van der Waals surface area contributed by atoms with Crippen molar-refractivity contribution in [2.75, 3.05) is 6.61 Å². The van der Waals surface area contributed by atoms with Crippen LogP contribution in [0.3, 0.4) is 0 Å². The van der Waals surface area contributed by atoms with Gasteiger partial charge in [0.1, 0.15) is 6.10 Å². The molecule has 1 rings (SSSR count). The van der Waals surface area contributed by atoms with Gasteiger partial charge in [-0.25, -0.2) is 4.79 Å². The van der Waals surface area contributed by atoms with Gasteiger partial charge in [-0.1, -0.05) is 6.07 Å². The number of hydrogen-bond acceptors (Lipinski definition) is 4. The Morgan fingerprint density at radius 1 is 1.71 bits per heavy atom. The summed E-state index contributed by atoms with van der Waals surface area (Å²) in [6.07, 6.45) is 2.22. The number of ether oxygens (including phenoxy) is 1. The molecule has 0 fully saturated rings. The van der Waals surface area contributed by atoms with E-state index in [0.717, 1.165) is 5.56 Å². The van der Waals surface area contributed by atoms with Crippen LogP contribution in [0.1, 0.15) is 5.56 Å². The van der Waals surface area contributed by atoms with E-state index in [9.17, 15) is 4.79 Å².